The fourth-order valence-corrected chi connectivity index (χ4v) is 4.22. The molecule has 0 aliphatic carbocycles. The summed E-state index contributed by atoms with van der Waals surface area (Å²) >= 11 is 6.10. The number of benzene rings is 1. The van der Waals surface area contributed by atoms with Crippen LogP contribution >= 0.6 is 25.1 Å². The van der Waals surface area contributed by atoms with Crippen LogP contribution in [0.4, 0.5) is 0 Å². The van der Waals surface area contributed by atoms with Crippen molar-refractivity contribution in [3.05, 3.63) is 59.4 Å². The monoisotopic (exact) mass is 482 g/mol. The molecule has 9 nitrogen and oxygen atoms in total. The SMILES string of the molecule is C[C@@H](NC(=O)c1cc(Cl)cc(S(=O)(=O)C(C)(C)C)c1)c1ncnn1-c1ncccn1.S. The lowest BCUT2D eigenvalue weighted by Crippen LogP contribution is -2.30. The van der Waals surface area contributed by atoms with Gasteiger partial charge in [0.05, 0.1) is 15.7 Å². The van der Waals surface area contributed by atoms with Crippen LogP contribution < -0.4 is 5.32 Å². The highest BCUT2D eigenvalue weighted by Gasteiger charge is 2.32. The zero-order chi connectivity index (χ0) is 22.1. The number of rotatable bonds is 5. The molecule has 2 aromatic heterocycles. The summed E-state index contributed by atoms with van der Waals surface area (Å²) in [6.07, 6.45) is 4.47. The molecule has 0 saturated heterocycles. The van der Waals surface area contributed by atoms with E-state index in [9.17, 15) is 13.2 Å². The molecule has 3 aromatic rings. The van der Waals surface area contributed by atoms with Crippen LogP contribution in [0.3, 0.4) is 0 Å². The van der Waals surface area contributed by atoms with Crippen LogP contribution in [0.2, 0.25) is 5.02 Å². The van der Waals surface area contributed by atoms with Gasteiger partial charge in [0.15, 0.2) is 15.7 Å². The maximum atomic E-state index is 12.8. The first-order valence-corrected chi connectivity index (χ1v) is 10.9. The number of amides is 1. The molecule has 0 radical (unpaired) electrons. The summed E-state index contributed by atoms with van der Waals surface area (Å²) in [5, 5.41) is 7.04. The zero-order valence-corrected chi connectivity index (χ0v) is 19.9. The Morgan fingerprint density at radius 2 is 1.77 bits per heavy atom. The number of hydrogen-bond donors (Lipinski definition) is 1. The molecule has 1 aromatic carbocycles. The third-order valence-electron chi connectivity index (χ3n) is 4.30. The summed E-state index contributed by atoms with van der Waals surface area (Å²) in [5.74, 6) is 0.227. The molecule has 1 amide bonds. The molecule has 0 saturated carbocycles. The largest absolute Gasteiger partial charge is 0.342 e. The molecule has 0 fully saturated rings. The van der Waals surface area contributed by atoms with Crippen molar-refractivity contribution in [1.82, 2.24) is 30.0 Å². The molecule has 0 aliphatic rings. The summed E-state index contributed by atoms with van der Waals surface area (Å²) in [6.45, 7) is 6.48. The van der Waals surface area contributed by atoms with E-state index in [0.29, 0.717) is 11.8 Å². The standard InChI is InChI=1S/C19H21ClN6O3S.H2S/c1-12(16-23-11-24-26(16)18-21-6-5-7-22-18)25-17(27)13-8-14(20)10-15(9-13)30(28,29)19(2,3)4;/h5-12H,1-4H3,(H,25,27);1H2/t12-;/m1./s1. The van der Waals surface area contributed by atoms with Crippen LogP contribution in [0, 0.1) is 0 Å². The van der Waals surface area contributed by atoms with Gasteiger partial charge in [-0.3, -0.25) is 4.79 Å². The van der Waals surface area contributed by atoms with Gasteiger partial charge in [-0.05, 0) is 52.0 Å². The number of hydrogen-bond acceptors (Lipinski definition) is 7. The smallest absolute Gasteiger partial charge is 0.252 e. The van der Waals surface area contributed by atoms with Crippen molar-refractivity contribution in [1.29, 1.82) is 0 Å². The second-order valence-electron chi connectivity index (χ2n) is 7.57. The summed E-state index contributed by atoms with van der Waals surface area (Å²) in [4.78, 5) is 25.2. The van der Waals surface area contributed by atoms with E-state index in [0.717, 1.165) is 0 Å². The summed E-state index contributed by atoms with van der Waals surface area (Å²) < 4.78 is 25.9. The van der Waals surface area contributed by atoms with Gasteiger partial charge in [-0.25, -0.2) is 23.4 Å². The van der Waals surface area contributed by atoms with Crippen LogP contribution in [-0.4, -0.2) is 43.8 Å². The van der Waals surface area contributed by atoms with Gasteiger partial charge in [-0.2, -0.15) is 23.3 Å². The van der Waals surface area contributed by atoms with E-state index in [1.54, 1.807) is 46.2 Å². The molecule has 3 rings (SSSR count). The number of nitrogens with zero attached hydrogens (tertiary/aromatic N) is 5. The fraction of sp³-hybridized carbons (Fsp3) is 0.316. The van der Waals surface area contributed by atoms with Crippen molar-refractivity contribution in [2.24, 2.45) is 0 Å². The van der Waals surface area contributed by atoms with E-state index in [-0.39, 0.29) is 29.0 Å². The van der Waals surface area contributed by atoms with Gasteiger partial charge in [-0.1, -0.05) is 11.6 Å². The Hall–Kier alpha value is -2.50. The summed E-state index contributed by atoms with van der Waals surface area (Å²) in [5.41, 5.74) is 0.124. The van der Waals surface area contributed by atoms with E-state index < -0.39 is 26.5 Å². The van der Waals surface area contributed by atoms with Crippen molar-refractivity contribution in [2.75, 3.05) is 0 Å². The number of carbonyl (C=O) groups is 1. The number of halogens is 1. The first kappa shape index (κ1) is 24.8. The lowest BCUT2D eigenvalue weighted by Gasteiger charge is -2.20. The van der Waals surface area contributed by atoms with E-state index >= 15 is 0 Å². The number of carbonyl (C=O) groups excluding carboxylic acids is 1. The second-order valence-corrected chi connectivity index (χ2v) is 10.7. The molecule has 0 unspecified atom stereocenters. The van der Waals surface area contributed by atoms with Crippen LogP contribution in [0.1, 0.15) is 49.9 Å². The van der Waals surface area contributed by atoms with Gasteiger partial charge < -0.3 is 5.32 Å². The van der Waals surface area contributed by atoms with Crippen molar-refractivity contribution in [2.45, 2.75) is 43.4 Å². The minimum absolute atomic E-state index is 0. The van der Waals surface area contributed by atoms with Gasteiger partial charge in [0.1, 0.15) is 6.33 Å². The lowest BCUT2D eigenvalue weighted by atomic mass is 10.2. The average Bonchev–Trinajstić information content (AvgIpc) is 3.17. The highest BCUT2D eigenvalue weighted by Crippen LogP contribution is 2.28. The zero-order valence-electron chi connectivity index (χ0n) is 17.4. The maximum Gasteiger partial charge on any atom is 0.252 e. The number of nitrogens with one attached hydrogen (secondary N) is 1. The van der Waals surface area contributed by atoms with Gasteiger partial charge in [0, 0.05) is 23.0 Å². The van der Waals surface area contributed by atoms with Gasteiger partial charge in [0.25, 0.3) is 11.9 Å². The van der Waals surface area contributed by atoms with Crippen LogP contribution in [0.25, 0.3) is 5.95 Å². The molecule has 166 valence electrons. The molecule has 0 spiro atoms. The van der Waals surface area contributed by atoms with E-state index in [4.69, 9.17) is 11.6 Å². The topological polar surface area (TPSA) is 120 Å². The van der Waals surface area contributed by atoms with Crippen LogP contribution in [0.15, 0.2) is 47.9 Å². The first-order chi connectivity index (χ1) is 14.0. The Kier molecular flexibility index (Phi) is 7.45. The molecule has 12 heteroatoms. The third-order valence-corrected chi connectivity index (χ3v) is 6.99. The Balaban J connectivity index is 0.00000341. The van der Waals surface area contributed by atoms with Crippen LogP contribution in [-0.2, 0) is 9.84 Å². The molecule has 2 heterocycles. The predicted molar refractivity (Wildman–Crippen MR) is 122 cm³/mol. The Morgan fingerprint density at radius 1 is 1.13 bits per heavy atom. The van der Waals surface area contributed by atoms with Crippen molar-refractivity contribution < 1.29 is 13.2 Å². The molecule has 0 bridgehead atoms. The molecular weight excluding hydrogens is 460 g/mol. The van der Waals surface area contributed by atoms with Gasteiger partial charge >= 0.3 is 0 Å². The van der Waals surface area contributed by atoms with Crippen molar-refractivity contribution in [3.63, 3.8) is 0 Å². The first-order valence-electron chi connectivity index (χ1n) is 9.04. The van der Waals surface area contributed by atoms with E-state index in [1.165, 1.54) is 29.2 Å². The quantitative estimate of drug-likeness (QED) is 0.593. The molecule has 31 heavy (non-hydrogen) atoms. The van der Waals surface area contributed by atoms with Crippen molar-refractivity contribution >= 4 is 40.8 Å². The molecule has 1 N–H and O–H groups in total. The molecule has 0 aliphatic heterocycles. The highest BCUT2D eigenvalue weighted by molar-refractivity contribution is 7.92. The minimum atomic E-state index is -3.68. The Morgan fingerprint density at radius 3 is 2.39 bits per heavy atom. The Labute approximate surface area is 192 Å². The number of sulfone groups is 1. The normalized spacial score (nSPS) is 12.7. The lowest BCUT2D eigenvalue weighted by molar-refractivity contribution is 0.0937. The predicted octanol–water partition coefficient (Wildman–Crippen LogP) is 2.89. The minimum Gasteiger partial charge on any atom is -0.342 e. The second kappa shape index (κ2) is 9.33. The number of aromatic nitrogens is 5. The molecular formula is C19H23ClN6O3S2. The highest BCUT2D eigenvalue weighted by atomic mass is 35.5. The fourth-order valence-electron chi connectivity index (χ4n) is 2.65. The summed E-state index contributed by atoms with van der Waals surface area (Å²) in [6, 6.07) is 5.18. The Bertz CT molecular complexity index is 1180. The van der Waals surface area contributed by atoms with Gasteiger partial charge in [0.2, 0.25) is 0 Å². The molecule has 1 atom stereocenters. The van der Waals surface area contributed by atoms with Crippen molar-refractivity contribution in [3.8, 4) is 5.95 Å². The van der Waals surface area contributed by atoms with Gasteiger partial charge in [-0.15, -0.1) is 0 Å². The van der Waals surface area contributed by atoms with Crippen LogP contribution in [0.5, 0.6) is 0 Å². The van der Waals surface area contributed by atoms with E-state index in [1.807, 2.05) is 0 Å². The summed E-state index contributed by atoms with van der Waals surface area (Å²) in [7, 11) is -3.68. The third kappa shape index (κ3) is 5.23. The average molecular weight is 483 g/mol. The maximum absolute atomic E-state index is 12.8. The van der Waals surface area contributed by atoms with E-state index in [2.05, 4.69) is 25.4 Å².